The van der Waals surface area contributed by atoms with Crippen molar-refractivity contribution in [1.82, 2.24) is 10.6 Å². The van der Waals surface area contributed by atoms with Crippen LogP contribution in [-0.4, -0.2) is 18.6 Å². The Morgan fingerprint density at radius 1 is 1.47 bits per heavy atom. The van der Waals surface area contributed by atoms with E-state index in [2.05, 4.69) is 58.8 Å². The first-order valence-corrected chi connectivity index (χ1v) is 6.90. The molecule has 0 amide bonds. The maximum absolute atomic E-state index is 3.53. The number of rotatable bonds is 6. The summed E-state index contributed by atoms with van der Waals surface area (Å²) in [5, 5.41) is 9.03. The smallest absolute Gasteiger partial charge is 0.0327 e. The van der Waals surface area contributed by atoms with Crippen molar-refractivity contribution in [3.05, 3.63) is 20.8 Å². The number of halogens is 1. The summed E-state index contributed by atoms with van der Waals surface area (Å²) in [6.45, 7) is 9.49. The summed E-state index contributed by atoms with van der Waals surface area (Å²) in [4.78, 5) is 1.36. The van der Waals surface area contributed by atoms with E-state index in [1.807, 2.05) is 0 Å². The largest absolute Gasteiger partial charge is 0.311 e. The van der Waals surface area contributed by atoms with E-state index in [1.165, 1.54) is 9.35 Å². The van der Waals surface area contributed by atoms with Crippen molar-refractivity contribution in [2.45, 2.75) is 32.9 Å². The van der Waals surface area contributed by atoms with Gasteiger partial charge in [-0.3, -0.25) is 0 Å². The van der Waals surface area contributed by atoms with Crippen molar-refractivity contribution in [3.63, 3.8) is 0 Å². The summed E-state index contributed by atoms with van der Waals surface area (Å²) in [5.74, 6) is 0. The fraction of sp³-hybridized carbons (Fsp3) is 0.636. The third kappa shape index (κ3) is 4.64. The molecule has 1 aromatic rings. The Hall–Kier alpha value is 0.100. The van der Waals surface area contributed by atoms with Crippen molar-refractivity contribution in [1.29, 1.82) is 0 Å². The number of hydrogen-bond acceptors (Lipinski definition) is 3. The molecule has 15 heavy (non-hydrogen) atoms. The van der Waals surface area contributed by atoms with Gasteiger partial charge in [-0.05, 0) is 47.8 Å². The lowest BCUT2D eigenvalue weighted by molar-refractivity contribution is 0.374. The van der Waals surface area contributed by atoms with Gasteiger partial charge in [0.05, 0.1) is 0 Å². The molecule has 0 bridgehead atoms. The summed E-state index contributed by atoms with van der Waals surface area (Å²) >= 11 is 5.32. The quantitative estimate of drug-likeness (QED) is 0.842. The molecule has 2 N–H and O–H groups in total. The number of likely N-dealkylation sites (N-methyl/N-ethyl adjacent to an activating group) is 1. The Kier molecular flexibility index (Phi) is 5.26. The Bertz CT molecular complexity index is 297. The fourth-order valence-electron chi connectivity index (χ4n) is 1.48. The molecule has 0 fully saturated rings. The van der Waals surface area contributed by atoms with Crippen LogP contribution in [0.2, 0.25) is 0 Å². The van der Waals surface area contributed by atoms with E-state index in [4.69, 9.17) is 0 Å². The number of hydrogen-bond donors (Lipinski definition) is 2. The van der Waals surface area contributed by atoms with E-state index in [1.54, 1.807) is 11.3 Å². The van der Waals surface area contributed by atoms with Crippen molar-refractivity contribution < 1.29 is 0 Å². The van der Waals surface area contributed by atoms with Crippen LogP contribution in [0.3, 0.4) is 0 Å². The van der Waals surface area contributed by atoms with Crippen LogP contribution in [0.1, 0.15) is 25.6 Å². The Morgan fingerprint density at radius 3 is 2.73 bits per heavy atom. The summed E-state index contributed by atoms with van der Waals surface area (Å²) in [6.07, 6.45) is 0. The highest BCUT2D eigenvalue weighted by Gasteiger charge is 2.15. The van der Waals surface area contributed by atoms with Crippen LogP contribution in [0.4, 0.5) is 0 Å². The zero-order chi connectivity index (χ0) is 11.3. The molecule has 1 heterocycles. The molecular formula is C11H19BrN2S. The van der Waals surface area contributed by atoms with Gasteiger partial charge in [0.1, 0.15) is 0 Å². The topological polar surface area (TPSA) is 24.1 Å². The zero-order valence-electron chi connectivity index (χ0n) is 9.56. The molecule has 0 atom stereocenters. The van der Waals surface area contributed by atoms with E-state index in [0.717, 1.165) is 19.6 Å². The summed E-state index contributed by atoms with van der Waals surface area (Å²) in [6, 6.07) is 2.09. The van der Waals surface area contributed by atoms with Gasteiger partial charge in [0.25, 0.3) is 0 Å². The van der Waals surface area contributed by atoms with E-state index in [-0.39, 0.29) is 5.54 Å². The van der Waals surface area contributed by atoms with Crippen LogP contribution in [0, 0.1) is 0 Å². The second-order valence-electron chi connectivity index (χ2n) is 4.21. The molecule has 0 spiro atoms. The zero-order valence-corrected chi connectivity index (χ0v) is 12.0. The van der Waals surface area contributed by atoms with Gasteiger partial charge in [0.15, 0.2) is 0 Å². The van der Waals surface area contributed by atoms with Gasteiger partial charge in [-0.1, -0.05) is 6.92 Å². The van der Waals surface area contributed by atoms with Gasteiger partial charge in [0.2, 0.25) is 0 Å². The highest BCUT2D eigenvalue weighted by atomic mass is 79.9. The van der Waals surface area contributed by atoms with Gasteiger partial charge >= 0.3 is 0 Å². The monoisotopic (exact) mass is 290 g/mol. The molecule has 0 saturated carbocycles. The molecule has 0 unspecified atom stereocenters. The third-order valence-corrected chi connectivity index (χ3v) is 4.13. The number of thiophene rings is 1. The summed E-state index contributed by atoms with van der Waals surface area (Å²) in [5.41, 5.74) is 0.165. The van der Waals surface area contributed by atoms with E-state index >= 15 is 0 Å². The van der Waals surface area contributed by atoms with Gasteiger partial charge in [-0.2, -0.15) is 0 Å². The minimum Gasteiger partial charge on any atom is -0.311 e. The maximum Gasteiger partial charge on any atom is 0.0327 e. The molecule has 0 radical (unpaired) electrons. The Labute approximate surface area is 105 Å². The molecular weight excluding hydrogens is 272 g/mol. The van der Waals surface area contributed by atoms with Crippen LogP contribution in [0.25, 0.3) is 0 Å². The molecule has 0 aliphatic carbocycles. The Morgan fingerprint density at radius 2 is 2.20 bits per heavy atom. The van der Waals surface area contributed by atoms with E-state index in [9.17, 15) is 0 Å². The average Bonchev–Trinajstić information content (AvgIpc) is 2.51. The van der Waals surface area contributed by atoms with Gasteiger partial charge in [-0.25, -0.2) is 0 Å². The van der Waals surface area contributed by atoms with Crippen molar-refractivity contribution in [3.8, 4) is 0 Å². The average molecular weight is 291 g/mol. The minimum absolute atomic E-state index is 0.165. The van der Waals surface area contributed by atoms with Crippen LogP contribution in [0.5, 0.6) is 0 Å². The van der Waals surface area contributed by atoms with Crippen LogP contribution in [0.15, 0.2) is 15.9 Å². The highest BCUT2D eigenvalue weighted by Crippen LogP contribution is 2.22. The summed E-state index contributed by atoms with van der Waals surface area (Å²) < 4.78 is 1.21. The van der Waals surface area contributed by atoms with Gasteiger partial charge in [-0.15, -0.1) is 11.3 Å². The SMILES string of the molecule is CCNC(C)(C)CNCc1sccc1Br. The standard InChI is InChI=1S/C11H19BrN2S/c1-4-14-11(2,3)8-13-7-10-9(12)5-6-15-10/h5-6,13-14H,4,7-8H2,1-3H3. The first-order valence-electron chi connectivity index (χ1n) is 5.23. The first kappa shape index (κ1) is 13.2. The van der Waals surface area contributed by atoms with E-state index < -0.39 is 0 Å². The lowest BCUT2D eigenvalue weighted by Crippen LogP contribution is -2.47. The predicted octanol–water partition coefficient (Wildman–Crippen LogP) is 2.99. The second-order valence-corrected chi connectivity index (χ2v) is 6.06. The van der Waals surface area contributed by atoms with Crippen LogP contribution < -0.4 is 10.6 Å². The van der Waals surface area contributed by atoms with E-state index in [0.29, 0.717) is 0 Å². The minimum atomic E-state index is 0.165. The molecule has 0 aliphatic heterocycles. The molecule has 2 nitrogen and oxygen atoms in total. The molecule has 0 saturated heterocycles. The summed E-state index contributed by atoms with van der Waals surface area (Å²) in [7, 11) is 0. The molecule has 1 rings (SSSR count). The lowest BCUT2D eigenvalue weighted by Gasteiger charge is -2.26. The number of nitrogens with one attached hydrogen (secondary N) is 2. The maximum atomic E-state index is 3.53. The molecule has 4 heteroatoms. The van der Waals surface area contributed by atoms with Crippen LogP contribution >= 0.6 is 27.3 Å². The third-order valence-electron chi connectivity index (χ3n) is 2.20. The second kappa shape index (κ2) is 5.99. The molecule has 86 valence electrons. The highest BCUT2D eigenvalue weighted by molar-refractivity contribution is 9.10. The van der Waals surface area contributed by atoms with Crippen LogP contribution in [-0.2, 0) is 6.54 Å². The van der Waals surface area contributed by atoms with Crippen molar-refractivity contribution in [2.24, 2.45) is 0 Å². The lowest BCUT2D eigenvalue weighted by atomic mass is 10.1. The normalized spacial score (nSPS) is 12.0. The van der Waals surface area contributed by atoms with Crippen molar-refractivity contribution >= 4 is 27.3 Å². The van der Waals surface area contributed by atoms with Gasteiger partial charge < -0.3 is 10.6 Å². The fourth-order valence-corrected chi connectivity index (χ4v) is 2.94. The van der Waals surface area contributed by atoms with Gasteiger partial charge in [0, 0.05) is 28.0 Å². The molecule has 1 aromatic heterocycles. The Balaban J connectivity index is 2.30. The first-order chi connectivity index (χ1) is 7.05. The van der Waals surface area contributed by atoms with Crippen molar-refractivity contribution in [2.75, 3.05) is 13.1 Å². The molecule has 0 aromatic carbocycles. The molecule has 0 aliphatic rings. The predicted molar refractivity (Wildman–Crippen MR) is 71.5 cm³/mol.